The molecule has 1 aromatic heterocycles. The highest BCUT2D eigenvalue weighted by atomic mass is 32.1. The van der Waals surface area contributed by atoms with Crippen molar-refractivity contribution in [3.05, 3.63) is 52.0 Å². The van der Waals surface area contributed by atoms with Gasteiger partial charge in [-0.1, -0.05) is 6.07 Å². The molecule has 0 unspecified atom stereocenters. The van der Waals surface area contributed by atoms with Crippen molar-refractivity contribution >= 4 is 17.2 Å². The van der Waals surface area contributed by atoms with Gasteiger partial charge in [0.05, 0.1) is 12.1 Å². The lowest BCUT2D eigenvalue weighted by Crippen LogP contribution is -2.32. The van der Waals surface area contributed by atoms with Gasteiger partial charge >= 0.3 is 0 Å². The quantitative estimate of drug-likeness (QED) is 0.938. The Morgan fingerprint density at radius 2 is 2.20 bits per heavy atom. The van der Waals surface area contributed by atoms with E-state index in [1.165, 1.54) is 12.1 Å². The van der Waals surface area contributed by atoms with E-state index >= 15 is 0 Å². The Bertz CT molecular complexity index is 623. The van der Waals surface area contributed by atoms with E-state index < -0.39 is 5.82 Å². The van der Waals surface area contributed by atoms with Crippen molar-refractivity contribution in [2.45, 2.75) is 25.4 Å². The maximum Gasteiger partial charge on any atom is 0.257 e. The Hall–Kier alpha value is -1.88. The van der Waals surface area contributed by atoms with Crippen molar-refractivity contribution in [2.24, 2.45) is 0 Å². The van der Waals surface area contributed by atoms with Crippen molar-refractivity contribution < 1.29 is 14.3 Å². The Kier molecular flexibility index (Phi) is 3.44. The second-order valence-electron chi connectivity index (χ2n) is 4.91. The van der Waals surface area contributed by atoms with Crippen LogP contribution in [0.4, 0.5) is 4.39 Å². The molecule has 0 saturated heterocycles. The fourth-order valence-corrected chi connectivity index (χ4v) is 2.86. The number of phenols is 1. The van der Waals surface area contributed by atoms with E-state index in [9.17, 15) is 14.3 Å². The average Bonchev–Trinajstić information content (AvgIpc) is 3.12. The van der Waals surface area contributed by atoms with Gasteiger partial charge in [-0.05, 0) is 36.4 Å². The van der Waals surface area contributed by atoms with E-state index in [0.717, 1.165) is 23.8 Å². The number of carbonyl (C=O) groups excluding carboxylic acids is 1. The van der Waals surface area contributed by atoms with Gasteiger partial charge in [-0.15, -0.1) is 11.3 Å². The minimum atomic E-state index is -0.674. The summed E-state index contributed by atoms with van der Waals surface area (Å²) in [5.74, 6) is -1.15. The summed E-state index contributed by atoms with van der Waals surface area (Å²) in [6.45, 7) is 0.515. The molecule has 1 heterocycles. The predicted molar refractivity (Wildman–Crippen MR) is 75.3 cm³/mol. The molecule has 20 heavy (non-hydrogen) atoms. The number of thiophene rings is 1. The number of carbonyl (C=O) groups is 1. The summed E-state index contributed by atoms with van der Waals surface area (Å²) in [5, 5.41) is 11.2. The number of amides is 1. The van der Waals surface area contributed by atoms with Gasteiger partial charge in [-0.2, -0.15) is 0 Å². The number of phenolic OH excluding ortho intramolecular Hbond substituents is 1. The molecule has 0 spiro atoms. The van der Waals surface area contributed by atoms with E-state index in [4.69, 9.17) is 0 Å². The Morgan fingerprint density at radius 3 is 2.80 bits per heavy atom. The molecule has 104 valence electrons. The van der Waals surface area contributed by atoms with Gasteiger partial charge in [0.25, 0.3) is 5.91 Å². The van der Waals surface area contributed by atoms with Crippen LogP contribution in [-0.2, 0) is 6.54 Å². The highest BCUT2D eigenvalue weighted by Crippen LogP contribution is 2.31. The molecule has 0 aliphatic heterocycles. The van der Waals surface area contributed by atoms with Crippen molar-refractivity contribution in [1.29, 1.82) is 0 Å². The van der Waals surface area contributed by atoms with Crippen LogP contribution in [0.2, 0.25) is 0 Å². The number of hydrogen-bond donors (Lipinski definition) is 1. The minimum Gasteiger partial charge on any atom is -0.508 e. The van der Waals surface area contributed by atoms with Gasteiger partial charge in [0.1, 0.15) is 11.6 Å². The summed E-state index contributed by atoms with van der Waals surface area (Å²) in [7, 11) is 0. The summed E-state index contributed by atoms with van der Waals surface area (Å²) < 4.78 is 13.8. The van der Waals surface area contributed by atoms with Crippen molar-refractivity contribution in [1.82, 2.24) is 4.90 Å². The van der Waals surface area contributed by atoms with Crippen LogP contribution in [-0.4, -0.2) is 22.0 Å². The van der Waals surface area contributed by atoms with Gasteiger partial charge < -0.3 is 10.0 Å². The maximum absolute atomic E-state index is 13.8. The number of benzene rings is 1. The van der Waals surface area contributed by atoms with Crippen LogP contribution in [0, 0.1) is 5.82 Å². The molecular weight excluding hydrogens is 277 g/mol. The predicted octanol–water partition coefficient (Wildman–Crippen LogP) is 3.40. The largest absolute Gasteiger partial charge is 0.508 e. The molecule has 1 aliphatic rings. The van der Waals surface area contributed by atoms with Crippen LogP contribution in [0.25, 0.3) is 0 Å². The lowest BCUT2D eigenvalue weighted by atomic mass is 10.1. The van der Waals surface area contributed by atoms with Gasteiger partial charge in [-0.3, -0.25) is 4.79 Å². The Labute approximate surface area is 120 Å². The monoisotopic (exact) mass is 291 g/mol. The third-order valence-electron chi connectivity index (χ3n) is 3.34. The van der Waals surface area contributed by atoms with E-state index in [1.54, 1.807) is 16.2 Å². The normalized spacial score (nSPS) is 14.2. The van der Waals surface area contributed by atoms with E-state index in [0.29, 0.717) is 6.54 Å². The first kappa shape index (κ1) is 13.1. The summed E-state index contributed by atoms with van der Waals surface area (Å²) in [6.07, 6.45) is 1.94. The first-order valence-electron chi connectivity index (χ1n) is 6.47. The van der Waals surface area contributed by atoms with E-state index in [1.807, 2.05) is 17.5 Å². The van der Waals surface area contributed by atoms with E-state index in [2.05, 4.69) is 0 Å². The van der Waals surface area contributed by atoms with Gasteiger partial charge in [0.2, 0.25) is 0 Å². The smallest absolute Gasteiger partial charge is 0.257 e. The SMILES string of the molecule is O=C(c1ccc(O)cc1F)N(Cc1cccs1)C1CC1. The molecule has 5 heteroatoms. The molecule has 1 aromatic carbocycles. The van der Waals surface area contributed by atoms with Crippen LogP contribution >= 0.6 is 11.3 Å². The maximum atomic E-state index is 13.8. The third-order valence-corrected chi connectivity index (χ3v) is 4.20. The number of aromatic hydroxyl groups is 1. The number of hydrogen-bond acceptors (Lipinski definition) is 3. The zero-order valence-corrected chi connectivity index (χ0v) is 11.6. The number of nitrogens with zero attached hydrogens (tertiary/aromatic N) is 1. The topological polar surface area (TPSA) is 40.5 Å². The number of halogens is 1. The second-order valence-corrected chi connectivity index (χ2v) is 5.94. The summed E-state index contributed by atoms with van der Waals surface area (Å²) in [6, 6.07) is 7.78. The molecule has 0 radical (unpaired) electrons. The van der Waals surface area contributed by atoms with E-state index in [-0.39, 0.29) is 23.3 Å². The molecule has 0 atom stereocenters. The molecule has 2 aromatic rings. The first-order valence-corrected chi connectivity index (χ1v) is 7.35. The van der Waals surface area contributed by atoms with Crippen LogP contribution in [0.5, 0.6) is 5.75 Å². The molecule has 1 saturated carbocycles. The highest BCUT2D eigenvalue weighted by Gasteiger charge is 2.34. The lowest BCUT2D eigenvalue weighted by Gasteiger charge is -2.22. The van der Waals surface area contributed by atoms with Crippen LogP contribution in [0.3, 0.4) is 0 Å². The van der Waals surface area contributed by atoms with Crippen LogP contribution in [0.1, 0.15) is 28.1 Å². The fraction of sp³-hybridized carbons (Fsp3) is 0.267. The third kappa shape index (κ3) is 2.67. The molecule has 1 N–H and O–H groups in total. The molecule has 1 aliphatic carbocycles. The lowest BCUT2D eigenvalue weighted by molar-refractivity contribution is 0.0727. The zero-order valence-electron chi connectivity index (χ0n) is 10.8. The summed E-state index contributed by atoms with van der Waals surface area (Å²) in [4.78, 5) is 15.3. The van der Waals surface area contributed by atoms with Crippen molar-refractivity contribution in [3.63, 3.8) is 0 Å². The second kappa shape index (κ2) is 5.25. The standard InChI is InChI=1S/C15H14FNO2S/c16-14-8-11(18)5-6-13(14)15(19)17(10-3-4-10)9-12-2-1-7-20-12/h1-2,5-8,10,18H,3-4,9H2. The fourth-order valence-electron chi connectivity index (χ4n) is 2.16. The van der Waals surface area contributed by atoms with Crippen LogP contribution < -0.4 is 0 Å². The van der Waals surface area contributed by atoms with Crippen molar-refractivity contribution in [3.8, 4) is 5.75 Å². The molecule has 3 nitrogen and oxygen atoms in total. The number of rotatable bonds is 4. The molecule has 1 fully saturated rings. The minimum absolute atomic E-state index is 0.0197. The molecule has 0 bridgehead atoms. The molecule has 1 amide bonds. The molecular formula is C15H14FNO2S. The highest BCUT2D eigenvalue weighted by molar-refractivity contribution is 7.09. The summed E-state index contributed by atoms with van der Waals surface area (Å²) >= 11 is 1.59. The van der Waals surface area contributed by atoms with Gasteiger partial charge in [0, 0.05) is 17.0 Å². The zero-order chi connectivity index (χ0) is 14.1. The Balaban J connectivity index is 1.85. The Morgan fingerprint density at radius 1 is 1.40 bits per heavy atom. The van der Waals surface area contributed by atoms with Crippen LogP contribution in [0.15, 0.2) is 35.7 Å². The first-order chi connectivity index (χ1) is 9.65. The van der Waals surface area contributed by atoms with Crippen molar-refractivity contribution in [2.75, 3.05) is 0 Å². The average molecular weight is 291 g/mol. The summed E-state index contributed by atoms with van der Waals surface area (Å²) in [5.41, 5.74) is 0.0197. The van der Waals surface area contributed by atoms with Gasteiger partial charge in [-0.25, -0.2) is 4.39 Å². The molecule has 3 rings (SSSR count). The van der Waals surface area contributed by atoms with Gasteiger partial charge in [0.15, 0.2) is 0 Å².